The zero-order valence-electron chi connectivity index (χ0n) is 20.2. The first-order chi connectivity index (χ1) is 17.6. The molecular formula is C24H30N6O5S. The summed E-state index contributed by atoms with van der Waals surface area (Å²) in [4.78, 5) is 30.8. The molecule has 0 aliphatic carbocycles. The lowest BCUT2D eigenvalue weighted by atomic mass is 10.1. The molecule has 11 nitrogen and oxygen atoms in total. The van der Waals surface area contributed by atoms with Crippen LogP contribution in [-0.2, 0) is 25.6 Å². The van der Waals surface area contributed by atoms with E-state index >= 15 is 0 Å². The van der Waals surface area contributed by atoms with E-state index < -0.39 is 6.04 Å². The van der Waals surface area contributed by atoms with E-state index in [-0.39, 0.29) is 30.6 Å². The van der Waals surface area contributed by atoms with Crippen LogP contribution in [0, 0.1) is 6.92 Å². The van der Waals surface area contributed by atoms with Gasteiger partial charge in [-0.1, -0.05) is 6.07 Å². The Labute approximate surface area is 212 Å². The number of tetrazole rings is 1. The van der Waals surface area contributed by atoms with E-state index in [0.717, 1.165) is 36.3 Å². The lowest BCUT2D eigenvalue weighted by Gasteiger charge is -2.32. The number of thiophene rings is 1. The molecule has 0 spiro atoms. The Hall–Kier alpha value is -3.09. The van der Waals surface area contributed by atoms with Gasteiger partial charge in [0.1, 0.15) is 18.3 Å². The number of hydrogen-bond acceptors (Lipinski definition) is 9. The summed E-state index contributed by atoms with van der Waals surface area (Å²) in [5, 5.41) is 17.3. The quantitative estimate of drug-likeness (QED) is 0.437. The summed E-state index contributed by atoms with van der Waals surface area (Å²) in [6, 6.07) is 6.53. The fourth-order valence-electron chi connectivity index (χ4n) is 4.52. The molecule has 3 aromatic heterocycles. The largest absolute Gasteiger partial charge is 0.458 e. The third kappa shape index (κ3) is 5.82. The summed E-state index contributed by atoms with van der Waals surface area (Å²) in [5.74, 6) is 0.972. The Balaban J connectivity index is 1.36. The van der Waals surface area contributed by atoms with Crippen molar-refractivity contribution in [3.05, 3.63) is 40.3 Å². The minimum absolute atomic E-state index is 0.00302. The van der Waals surface area contributed by atoms with Crippen molar-refractivity contribution in [2.75, 3.05) is 26.3 Å². The Morgan fingerprint density at radius 2 is 2.00 bits per heavy atom. The molecule has 1 N–H and O–H groups in total. The molecule has 0 saturated carbocycles. The SMILES string of the molecule is Cc1ccc(-c2nnn(CC(=O)N(C[C@@H]3CCCO3)[C@@H](C(=O)NC[C@H]3CCCO3)c3cccs3)n2)o1. The summed E-state index contributed by atoms with van der Waals surface area (Å²) in [6.45, 7) is 3.74. The standard InChI is InChI=1S/C24H30N6O5S/c1-16-8-9-19(35-16)23-26-28-30(27-23)15-21(31)29(14-18-6-3-11-34-18)22(20-7-4-12-36-20)24(32)25-13-17-5-2-10-33-17/h4,7-9,12,17-18,22H,2-3,5-6,10-11,13-15H2,1H3,(H,25,32)/t17-,18+,22-/m1/s1. The number of carbonyl (C=O) groups excluding carboxylic acids is 2. The lowest BCUT2D eigenvalue weighted by Crippen LogP contribution is -2.48. The molecule has 5 heterocycles. The highest BCUT2D eigenvalue weighted by molar-refractivity contribution is 7.10. The van der Waals surface area contributed by atoms with Gasteiger partial charge in [0.05, 0.1) is 12.2 Å². The monoisotopic (exact) mass is 514 g/mol. The third-order valence-electron chi connectivity index (χ3n) is 6.34. The topological polar surface area (TPSA) is 125 Å². The van der Waals surface area contributed by atoms with Crippen molar-refractivity contribution in [1.82, 2.24) is 30.4 Å². The fraction of sp³-hybridized carbons (Fsp3) is 0.542. The van der Waals surface area contributed by atoms with E-state index in [9.17, 15) is 9.59 Å². The number of ether oxygens (including phenoxy) is 2. The molecule has 12 heteroatoms. The lowest BCUT2D eigenvalue weighted by molar-refractivity contribution is -0.143. The molecule has 3 atom stereocenters. The number of nitrogens with zero attached hydrogens (tertiary/aromatic N) is 5. The zero-order chi connectivity index (χ0) is 24.9. The normalized spacial score (nSPS) is 20.5. The van der Waals surface area contributed by atoms with E-state index in [1.54, 1.807) is 11.0 Å². The van der Waals surface area contributed by atoms with Crippen molar-refractivity contribution >= 4 is 23.2 Å². The molecule has 0 bridgehead atoms. The summed E-state index contributed by atoms with van der Waals surface area (Å²) in [5.41, 5.74) is 0. The van der Waals surface area contributed by atoms with Crippen LogP contribution in [0.15, 0.2) is 34.1 Å². The van der Waals surface area contributed by atoms with Crippen molar-refractivity contribution in [2.24, 2.45) is 0 Å². The molecule has 2 saturated heterocycles. The third-order valence-corrected chi connectivity index (χ3v) is 7.26. The molecule has 36 heavy (non-hydrogen) atoms. The second-order valence-electron chi connectivity index (χ2n) is 9.03. The molecule has 3 aromatic rings. The van der Waals surface area contributed by atoms with E-state index in [0.29, 0.717) is 37.9 Å². The first-order valence-corrected chi connectivity index (χ1v) is 13.1. The van der Waals surface area contributed by atoms with Gasteiger partial charge in [-0.25, -0.2) is 0 Å². The average Bonchev–Trinajstić information content (AvgIpc) is 3.68. The van der Waals surface area contributed by atoms with E-state index in [2.05, 4.69) is 20.7 Å². The number of hydrogen-bond donors (Lipinski definition) is 1. The summed E-state index contributed by atoms with van der Waals surface area (Å²) in [7, 11) is 0. The van der Waals surface area contributed by atoms with Crippen LogP contribution in [0.25, 0.3) is 11.6 Å². The van der Waals surface area contributed by atoms with Crippen LogP contribution >= 0.6 is 11.3 Å². The molecule has 2 aliphatic rings. The number of furan rings is 1. The van der Waals surface area contributed by atoms with E-state index in [1.165, 1.54) is 16.1 Å². The van der Waals surface area contributed by atoms with E-state index in [4.69, 9.17) is 13.9 Å². The van der Waals surface area contributed by atoms with Gasteiger partial charge in [-0.2, -0.15) is 4.80 Å². The maximum Gasteiger partial charge on any atom is 0.248 e. The van der Waals surface area contributed by atoms with Crippen molar-refractivity contribution < 1.29 is 23.5 Å². The van der Waals surface area contributed by atoms with Crippen molar-refractivity contribution in [3.8, 4) is 11.6 Å². The van der Waals surface area contributed by atoms with Crippen molar-refractivity contribution in [1.29, 1.82) is 0 Å². The molecule has 192 valence electrons. The average molecular weight is 515 g/mol. The first-order valence-electron chi connectivity index (χ1n) is 12.3. The maximum atomic E-state index is 13.7. The van der Waals surface area contributed by atoms with Gasteiger partial charge in [0.15, 0.2) is 5.76 Å². The van der Waals surface area contributed by atoms with Gasteiger partial charge in [0, 0.05) is 31.2 Å². The summed E-state index contributed by atoms with van der Waals surface area (Å²) < 4.78 is 17.1. The van der Waals surface area contributed by atoms with Gasteiger partial charge in [-0.3, -0.25) is 9.59 Å². The van der Waals surface area contributed by atoms with Crippen LogP contribution in [0.3, 0.4) is 0 Å². The van der Waals surface area contributed by atoms with Crippen molar-refractivity contribution in [2.45, 2.75) is 57.4 Å². The minimum atomic E-state index is -0.793. The van der Waals surface area contributed by atoms with Crippen LogP contribution in [0.5, 0.6) is 0 Å². The van der Waals surface area contributed by atoms with Gasteiger partial charge in [-0.15, -0.1) is 21.5 Å². The minimum Gasteiger partial charge on any atom is -0.458 e. The van der Waals surface area contributed by atoms with Crippen molar-refractivity contribution in [3.63, 3.8) is 0 Å². The summed E-state index contributed by atoms with van der Waals surface area (Å²) in [6.07, 6.45) is 3.54. The van der Waals surface area contributed by atoms with Gasteiger partial charge in [-0.05, 0) is 61.4 Å². The molecule has 2 amide bonds. The molecular weight excluding hydrogens is 484 g/mol. The fourth-order valence-corrected chi connectivity index (χ4v) is 5.36. The Kier molecular flexibility index (Phi) is 7.73. The first kappa shape index (κ1) is 24.6. The summed E-state index contributed by atoms with van der Waals surface area (Å²) >= 11 is 1.44. The number of rotatable bonds is 10. The highest BCUT2D eigenvalue weighted by atomic mass is 32.1. The second-order valence-corrected chi connectivity index (χ2v) is 10.0. The van der Waals surface area contributed by atoms with Crippen LogP contribution in [0.1, 0.15) is 42.4 Å². The smallest absolute Gasteiger partial charge is 0.248 e. The highest BCUT2D eigenvalue weighted by Crippen LogP contribution is 2.28. The van der Waals surface area contributed by atoms with Gasteiger partial charge in [0.2, 0.25) is 17.6 Å². The Bertz CT molecular complexity index is 1150. The predicted molar refractivity (Wildman–Crippen MR) is 130 cm³/mol. The van der Waals surface area contributed by atoms with Crippen LogP contribution in [-0.4, -0.2) is 75.4 Å². The van der Waals surface area contributed by atoms with Gasteiger partial charge in [0.25, 0.3) is 0 Å². The van der Waals surface area contributed by atoms with Crippen LogP contribution in [0.2, 0.25) is 0 Å². The van der Waals surface area contributed by atoms with Crippen LogP contribution in [0.4, 0.5) is 0 Å². The number of aromatic nitrogens is 4. The van der Waals surface area contributed by atoms with Gasteiger partial charge < -0.3 is 24.1 Å². The molecule has 0 radical (unpaired) electrons. The predicted octanol–water partition coefficient (Wildman–Crippen LogP) is 2.35. The number of nitrogens with one attached hydrogen (secondary N) is 1. The molecule has 2 aliphatic heterocycles. The second kappa shape index (κ2) is 11.3. The Morgan fingerprint density at radius 1 is 1.19 bits per heavy atom. The molecule has 0 unspecified atom stereocenters. The zero-order valence-corrected chi connectivity index (χ0v) is 21.0. The Morgan fingerprint density at radius 3 is 2.67 bits per heavy atom. The van der Waals surface area contributed by atoms with Crippen LogP contribution < -0.4 is 5.32 Å². The molecule has 2 fully saturated rings. The molecule has 0 aromatic carbocycles. The van der Waals surface area contributed by atoms with Gasteiger partial charge >= 0.3 is 0 Å². The number of aryl methyl sites for hydroxylation is 1. The maximum absolute atomic E-state index is 13.7. The highest BCUT2D eigenvalue weighted by Gasteiger charge is 2.35. The van der Waals surface area contributed by atoms with E-state index in [1.807, 2.05) is 30.5 Å². The molecule has 5 rings (SSSR count). The number of carbonyl (C=O) groups is 2. The number of amides is 2.